The molecule has 0 aliphatic carbocycles. The Morgan fingerprint density at radius 2 is 2.44 bits per heavy atom. The van der Waals surface area contributed by atoms with Gasteiger partial charge in [0, 0.05) is 12.7 Å². The Morgan fingerprint density at radius 3 is 3.06 bits per heavy atom. The Hall–Kier alpha value is -1.42. The summed E-state index contributed by atoms with van der Waals surface area (Å²) in [7, 11) is 0. The van der Waals surface area contributed by atoms with E-state index in [2.05, 4.69) is 22.5 Å². The molecule has 0 saturated carbocycles. The van der Waals surface area contributed by atoms with Gasteiger partial charge in [-0.2, -0.15) is 0 Å². The summed E-state index contributed by atoms with van der Waals surface area (Å²) in [5.74, 6) is 0.167. The SMILES string of the molecule is CCCC1(C(=O)NCc2ccccn2)CCNC1. The van der Waals surface area contributed by atoms with E-state index in [4.69, 9.17) is 0 Å². The van der Waals surface area contributed by atoms with Crippen LogP contribution >= 0.6 is 0 Å². The molecule has 4 nitrogen and oxygen atoms in total. The fraction of sp³-hybridized carbons (Fsp3) is 0.571. The van der Waals surface area contributed by atoms with Crippen LogP contribution in [0.4, 0.5) is 0 Å². The normalized spacial score (nSPS) is 22.9. The van der Waals surface area contributed by atoms with Crippen LogP contribution in [-0.2, 0) is 11.3 Å². The summed E-state index contributed by atoms with van der Waals surface area (Å²) in [6.45, 7) is 4.39. The maximum atomic E-state index is 12.4. The van der Waals surface area contributed by atoms with Gasteiger partial charge in [-0.1, -0.05) is 19.4 Å². The topological polar surface area (TPSA) is 54.0 Å². The molecule has 0 radical (unpaired) electrons. The van der Waals surface area contributed by atoms with Gasteiger partial charge in [-0.05, 0) is 31.5 Å². The first-order chi connectivity index (χ1) is 8.77. The number of rotatable bonds is 5. The highest BCUT2D eigenvalue weighted by Crippen LogP contribution is 2.31. The zero-order valence-electron chi connectivity index (χ0n) is 10.9. The van der Waals surface area contributed by atoms with Crippen molar-refractivity contribution in [2.24, 2.45) is 5.41 Å². The molecule has 1 aromatic rings. The minimum atomic E-state index is -0.205. The molecule has 1 aliphatic heterocycles. The van der Waals surface area contributed by atoms with Gasteiger partial charge in [0.25, 0.3) is 0 Å². The maximum Gasteiger partial charge on any atom is 0.227 e. The van der Waals surface area contributed by atoms with Crippen LogP contribution in [0, 0.1) is 5.41 Å². The zero-order valence-corrected chi connectivity index (χ0v) is 10.9. The second-order valence-electron chi connectivity index (χ2n) is 4.96. The molecule has 1 unspecified atom stereocenters. The molecule has 1 saturated heterocycles. The van der Waals surface area contributed by atoms with E-state index in [0.717, 1.165) is 38.0 Å². The van der Waals surface area contributed by atoms with Crippen molar-refractivity contribution in [3.05, 3.63) is 30.1 Å². The summed E-state index contributed by atoms with van der Waals surface area (Å²) in [4.78, 5) is 16.6. The molecular formula is C14H21N3O. The third kappa shape index (κ3) is 2.88. The van der Waals surface area contributed by atoms with Gasteiger partial charge in [-0.25, -0.2) is 0 Å². The van der Waals surface area contributed by atoms with Gasteiger partial charge in [0.2, 0.25) is 5.91 Å². The standard InChI is InChI=1S/C14H21N3O/c1-2-6-14(7-9-15-11-14)13(18)17-10-12-5-3-4-8-16-12/h3-5,8,15H,2,6-7,9-11H2,1H3,(H,17,18). The average Bonchev–Trinajstić information content (AvgIpc) is 2.87. The molecule has 1 aromatic heterocycles. The Bertz CT molecular complexity index is 385. The maximum absolute atomic E-state index is 12.4. The molecule has 2 rings (SSSR count). The lowest BCUT2D eigenvalue weighted by molar-refractivity contribution is -0.130. The predicted molar refractivity (Wildman–Crippen MR) is 70.9 cm³/mol. The lowest BCUT2D eigenvalue weighted by Crippen LogP contribution is -2.42. The monoisotopic (exact) mass is 247 g/mol. The van der Waals surface area contributed by atoms with E-state index < -0.39 is 0 Å². The summed E-state index contributed by atoms with van der Waals surface area (Å²) in [6, 6.07) is 5.75. The minimum absolute atomic E-state index is 0.167. The second-order valence-corrected chi connectivity index (χ2v) is 4.96. The van der Waals surface area contributed by atoms with Gasteiger partial charge in [-0.3, -0.25) is 9.78 Å². The highest BCUT2D eigenvalue weighted by Gasteiger charge is 2.39. The number of nitrogens with one attached hydrogen (secondary N) is 2. The van der Waals surface area contributed by atoms with E-state index in [1.54, 1.807) is 6.20 Å². The summed E-state index contributed by atoms with van der Waals surface area (Å²) < 4.78 is 0. The number of carbonyl (C=O) groups excluding carboxylic acids is 1. The summed E-state index contributed by atoms with van der Waals surface area (Å²) in [5, 5.41) is 6.33. The van der Waals surface area contributed by atoms with E-state index in [1.807, 2.05) is 18.2 Å². The Labute approximate surface area is 108 Å². The van der Waals surface area contributed by atoms with Crippen molar-refractivity contribution in [2.75, 3.05) is 13.1 Å². The lowest BCUT2D eigenvalue weighted by atomic mass is 9.81. The quantitative estimate of drug-likeness (QED) is 0.828. The van der Waals surface area contributed by atoms with Crippen molar-refractivity contribution in [1.29, 1.82) is 0 Å². The average molecular weight is 247 g/mol. The fourth-order valence-electron chi connectivity index (χ4n) is 2.60. The summed E-state index contributed by atoms with van der Waals surface area (Å²) >= 11 is 0. The number of hydrogen-bond acceptors (Lipinski definition) is 3. The first-order valence-electron chi connectivity index (χ1n) is 6.66. The molecule has 1 amide bonds. The van der Waals surface area contributed by atoms with E-state index in [9.17, 15) is 4.79 Å². The second kappa shape index (κ2) is 5.96. The van der Waals surface area contributed by atoms with Crippen LogP contribution in [0.5, 0.6) is 0 Å². The molecule has 18 heavy (non-hydrogen) atoms. The highest BCUT2D eigenvalue weighted by molar-refractivity contribution is 5.83. The van der Waals surface area contributed by atoms with Gasteiger partial charge in [0.1, 0.15) is 0 Å². The molecule has 2 heterocycles. The molecule has 0 bridgehead atoms. The largest absolute Gasteiger partial charge is 0.350 e. The number of nitrogens with zero attached hydrogens (tertiary/aromatic N) is 1. The van der Waals surface area contributed by atoms with Gasteiger partial charge < -0.3 is 10.6 Å². The third-order valence-electron chi connectivity index (χ3n) is 3.61. The first kappa shape index (κ1) is 13.0. The third-order valence-corrected chi connectivity index (χ3v) is 3.61. The molecule has 2 N–H and O–H groups in total. The van der Waals surface area contributed by atoms with E-state index in [0.29, 0.717) is 6.54 Å². The van der Waals surface area contributed by atoms with Crippen molar-refractivity contribution >= 4 is 5.91 Å². The number of pyridine rings is 1. The van der Waals surface area contributed by atoms with Crippen molar-refractivity contribution < 1.29 is 4.79 Å². The highest BCUT2D eigenvalue weighted by atomic mass is 16.2. The Balaban J connectivity index is 1.94. The summed E-state index contributed by atoms with van der Waals surface area (Å²) in [6.07, 6.45) is 4.68. The Kier molecular flexibility index (Phi) is 4.31. The van der Waals surface area contributed by atoms with Crippen molar-refractivity contribution in [3.8, 4) is 0 Å². The van der Waals surface area contributed by atoms with Gasteiger partial charge in [0.15, 0.2) is 0 Å². The number of aromatic nitrogens is 1. The fourth-order valence-corrected chi connectivity index (χ4v) is 2.60. The van der Waals surface area contributed by atoms with Crippen LogP contribution < -0.4 is 10.6 Å². The van der Waals surface area contributed by atoms with Crippen molar-refractivity contribution in [3.63, 3.8) is 0 Å². The van der Waals surface area contributed by atoms with Crippen LogP contribution in [0.15, 0.2) is 24.4 Å². The molecular weight excluding hydrogens is 226 g/mol. The van der Waals surface area contributed by atoms with Crippen LogP contribution in [0.1, 0.15) is 31.9 Å². The van der Waals surface area contributed by atoms with Crippen LogP contribution in [0.3, 0.4) is 0 Å². The molecule has 1 fully saturated rings. The number of amides is 1. The van der Waals surface area contributed by atoms with Gasteiger partial charge in [-0.15, -0.1) is 0 Å². The van der Waals surface area contributed by atoms with Gasteiger partial charge >= 0.3 is 0 Å². The van der Waals surface area contributed by atoms with Crippen molar-refractivity contribution in [2.45, 2.75) is 32.7 Å². The smallest absolute Gasteiger partial charge is 0.227 e. The zero-order chi connectivity index (χ0) is 12.8. The molecule has 1 atom stereocenters. The Morgan fingerprint density at radius 1 is 1.56 bits per heavy atom. The van der Waals surface area contributed by atoms with Crippen LogP contribution in [0.2, 0.25) is 0 Å². The summed E-state index contributed by atoms with van der Waals surface area (Å²) in [5.41, 5.74) is 0.701. The molecule has 1 aliphatic rings. The molecule has 0 spiro atoms. The van der Waals surface area contributed by atoms with Crippen molar-refractivity contribution in [1.82, 2.24) is 15.6 Å². The van der Waals surface area contributed by atoms with E-state index in [-0.39, 0.29) is 11.3 Å². The van der Waals surface area contributed by atoms with Crippen LogP contribution in [0.25, 0.3) is 0 Å². The molecule has 98 valence electrons. The van der Waals surface area contributed by atoms with E-state index >= 15 is 0 Å². The lowest BCUT2D eigenvalue weighted by Gasteiger charge is -2.26. The van der Waals surface area contributed by atoms with Gasteiger partial charge in [0.05, 0.1) is 17.7 Å². The number of hydrogen-bond donors (Lipinski definition) is 2. The minimum Gasteiger partial charge on any atom is -0.350 e. The number of carbonyl (C=O) groups is 1. The van der Waals surface area contributed by atoms with Crippen LogP contribution in [-0.4, -0.2) is 24.0 Å². The van der Waals surface area contributed by atoms with E-state index in [1.165, 1.54) is 0 Å². The molecule has 4 heteroatoms. The predicted octanol–water partition coefficient (Wildman–Crippen LogP) is 1.48. The first-order valence-corrected chi connectivity index (χ1v) is 6.66. The molecule has 0 aromatic carbocycles.